The van der Waals surface area contributed by atoms with Crippen molar-refractivity contribution in [1.82, 2.24) is 4.90 Å². The molecule has 1 aliphatic heterocycles. The second-order valence-electron chi connectivity index (χ2n) is 5.46. The van der Waals surface area contributed by atoms with Crippen molar-refractivity contribution in [2.24, 2.45) is 5.73 Å². The summed E-state index contributed by atoms with van der Waals surface area (Å²) in [5, 5.41) is 9.03. The summed E-state index contributed by atoms with van der Waals surface area (Å²) < 4.78 is 0. The Morgan fingerprint density at radius 1 is 1.41 bits per heavy atom. The number of hydrogen-bond acceptors (Lipinski definition) is 3. The van der Waals surface area contributed by atoms with E-state index in [2.05, 4.69) is 17.9 Å². The molecule has 1 aliphatic rings. The summed E-state index contributed by atoms with van der Waals surface area (Å²) in [5.41, 5.74) is 5.40. The second kappa shape index (κ2) is 6.98. The first-order valence-electron chi connectivity index (χ1n) is 7.05. The molecule has 1 fully saturated rings. The Morgan fingerprint density at radius 2 is 2.18 bits per heavy atom. The van der Waals surface area contributed by atoms with Crippen LogP contribution in [-0.2, 0) is 0 Å². The standard InChI is InChI=1S/C14H27N3/c1-3-14(16,12-15)9-7-11-17-10-6-4-5-8-13(17)2/h13H,3-11,16H2,1-2H3. The van der Waals surface area contributed by atoms with Gasteiger partial charge in [0.25, 0.3) is 0 Å². The predicted molar refractivity (Wildman–Crippen MR) is 71.6 cm³/mol. The monoisotopic (exact) mass is 237 g/mol. The summed E-state index contributed by atoms with van der Waals surface area (Å²) in [4.78, 5) is 2.57. The van der Waals surface area contributed by atoms with Crippen LogP contribution in [0.3, 0.4) is 0 Å². The lowest BCUT2D eigenvalue weighted by Crippen LogP contribution is -2.39. The van der Waals surface area contributed by atoms with Gasteiger partial charge in [0.05, 0.1) is 6.07 Å². The molecule has 3 nitrogen and oxygen atoms in total. The number of hydrogen-bond donors (Lipinski definition) is 1. The number of likely N-dealkylation sites (tertiary alicyclic amines) is 1. The van der Waals surface area contributed by atoms with Gasteiger partial charge in [0.15, 0.2) is 0 Å². The molecular formula is C14H27N3. The number of nitriles is 1. The first-order valence-corrected chi connectivity index (χ1v) is 7.05. The average molecular weight is 237 g/mol. The van der Waals surface area contributed by atoms with E-state index >= 15 is 0 Å². The Balaban J connectivity index is 2.32. The molecule has 0 aliphatic carbocycles. The van der Waals surface area contributed by atoms with E-state index in [4.69, 9.17) is 11.0 Å². The summed E-state index contributed by atoms with van der Waals surface area (Å²) in [6.45, 7) is 6.64. The Bertz CT molecular complexity index is 259. The van der Waals surface area contributed by atoms with Crippen LogP contribution >= 0.6 is 0 Å². The normalized spacial score (nSPS) is 25.9. The third-order valence-electron chi connectivity index (χ3n) is 4.11. The molecule has 0 saturated carbocycles. The molecule has 0 aromatic rings. The maximum atomic E-state index is 9.03. The van der Waals surface area contributed by atoms with Crippen LogP contribution in [0.4, 0.5) is 0 Å². The maximum Gasteiger partial charge on any atom is 0.104 e. The summed E-state index contributed by atoms with van der Waals surface area (Å²) in [6, 6.07) is 2.95. The van der Waals surface area contributed by atoms with E-state index in [1.807, 2.05) is 6.92 Å². The van der Waals surface area contributed by atoms with Crippen molar-refractivity contribution in [3.63, 3.8) is 0 Å². The predicted octanol–water partition coefficient (Wildman–Crippen LogP) is 2.66. The molecule has 0 aromatic heterocycles. The number of nitrogens with zero attached hydrogens (tertiary/aromatic N) is 2. The minimum Gasteiger partial charge on any atom is -0.313 e. The van der Waals surface area contributed by atoms with Crippen molar-refractivity contribution in [2.75, 3.05) is 13.1 Å². The molecule has 98 valence electrons. The quantitative estimate of drug-likeness (QED) is 0.800. The molecule has 1 heterocycles. The SMILES string of the molecule is CCC(N)(C#N)CCCN1CCCCCC1C. The molecule has 2 N–H and O–H groups in total. The Kier molecular flexibility index (Phi) is 5.94. The van der Waals surface area contributed by atoms with Gasteiger partial charge in [0.2, 0.25) is 0 Å². The molecule has 3 heteroatoms. The lowest BCUT2D eigenvalue weighted by atomic mass is 9.93. The summed E-state index contributed by atoms with van der Waals surface area (Å²) in [7, 11) is 0. The summed E-state index contributed by atoms with van der Waals surface area (Å²) >= 11 is 0. The van der Waals surface area contributed by atoms with E-state index in [1.165, 1.54) is 32.2 Å². The van der Waals surface area contributed by atoms with Crippen LogP contribution in [0.25, 0.3) is 0 Å². The van der Waals surface area contributed by atoms with Crippen LogP contribution in [0.1, 0.15) is 58.8 Å². The van der Waals surface area contributed by atoms with Crippen LogP contribution in [-0.4, -0.2) is 29.6 Å². The smallest absolute Gasteiger partial charge is 0.104 e. The van der Waals surface area contributed by atoms with Crippen LogP contribution in [0.15, 0.2) is 0 Å². The molecule has 1 saturated heterocycles. The molecular weight excluding hydrogens is 210 g/mol. The highest BCUT2D eigenvalue weighted by atomic mass is 15.1. The van der Waals surface area contributed by atoms with Gasteiger partial charge in [0.1, 0.15) is 5.54 Å². The van der Waals surface area contributed by atoms with E-state index in [1.54, 1.807) is 0 Å². The molecule has 2 unspecified atom stereocenters. The van der Waals surface area contributed by atoms with Gasteiger partial charge >= 0.3 is 0 Å². The van der Waals surface area contributed by atoms with Gasteiger partial charge in [-0.05, 0) is 52.1 Å². The molecule has 2 atom stereocenters. The molecule has 0 aromatic carbocycles. The lowest BCUT2D eigenvalue weighted by Gasteiger charge is -2.28. The van der Waals surface area contributed by atoms with Crippen molar-refractivity contribution in [3.8, 4) is 6.07 Å². The van der Waals surface area contributed by atoms with Crippen molar-refractivity contribution < 1.29 is 0 Å². The van der Waals surface area contributed by atoms with Gasteiger partial charge in [-0.1, -0.05) is 19.8 Å². The zero-order valence-electron chi connectivity index (χ0n) is 11.4. The summed E-state index contributed by atoms with van der Waals surface area (Å²) in [5.74, 6) is 0. The minimum atomic E-state index is -0.602. The van der Waals surface area contributed by atoms with E-state index in [-0.39, 0.29) is 0 Å². The maximum absolute atomic E-state index is 9.03. The largest absolute Gasteiger partial charge is 0.313 e. The Morgan fingerprint density at radius 3 is 2.82 bits per heavy atom. The molecule has 1 rings (SSSR count). The molecule has 0 amide bonds. The van der Waals surface area contributed by atoms with E-state index in [9.17, 15) is 0 Å². The van der Waals surface area contributed by atoms with Gasteiger partial charge in [0, 0.05) is 6.04 Å². The van der Waals surface area contributed by atoms with Crippen molar-refractivity contribution in [1.29, 1.82) is 5.26 Å². The topological polar surface area (TPSA) is 53.1 Å². The van der Waals surface area contributed by atoms with Crippen LogP contribution < -0.4 is 5.73 Å². The highest BCUT2D eigenvalue weighted by molar-refractivity contribution is 5.03. The fourth-order valence-electron chi connectivity index (χ4n) is 2.58. The fourth-order valence-corrected chi connectivity index (χ4v) is 2.58. The summed E-state index contributed by atoms with van der Waals surface area (Å²) in [6.07, 6.45) is 7.99. The highest BCUT2D eigenvalue weighted by Crippen LogP contribution is 2.18. The van der Waals surface area contributed by atoms with Crippen molar-refractivity contribution in [3.05, 3.63) is 0 Å². The Hall–Kier alpha value is -0.590. The van der Waals surface area contributed by atoms with Crippen LogP contribution in [0.5, 0.6) is 0 Å². The van der Waals surface area contributed by atoms with Gasteiger partial charge in [-0.15, -0.1) is 0 Å². The van der Waals surface area contributed by atoms with Gasteiger partial charge in [-0.3, -0.25) is 0 Å². The number of nitrogens with two attached hydrogens (primary N) is 1. The molecule has 17 heavy (non-hydrogen) atoms. The fraction of sp³-hybridized carbons (Fsp3) is 0.929. The van der Waals surface area contributed by atoms with E-state index in [0.717, 1.165) is 25.8 Å². The number of rotatable bonds is 5. The molecule has 0 bridgehead atoms. The van der Waals surface area contributed by atoms with E-state index < -0.39 is 5.54 Å². The third kappa shape index (κ3) is 4.65. The van der Waals surface area contributed by atoms with Crippen molar-refractivity contribution in [2.45, 2.75) is 70.4 Å². The lowest BCUT2D eigenvalue weighted by molar-refractivity contribution is 0.205. The van der Waals surface area contributed by atoms with Crippen molar-refractivity contribution >= 4 is 0 Å². The first-order chi connectivity index (χ1) is 8.11. The highest BCUT2D eigenvalue weighted by Gasteiger charge is 2.23. The Labute approximate surface area is 106 Å². The zero-order chi connectivity index (χ0) is 12.7. The zero-order valence-corrected chi connectivity index (χ0v) is 11.4. The van der Waals surface area contributed by atoms with Gasteiger partial charge < -0.3 is 10.6 Å². The van der Waals surface area contributed by atoms with Crippen LogP contribution in [0.2, 0.25) is 0 Å². The molecule has 0 spiro atoms. The second-order valence-corrected chi connectivity index (χ2v) is 5.46. The van der Waals surface area contributed by atoms with Gasteiger partial charge in [-0.25, -0.2) is 0 Å². The molecule has 0 radical (unpaired) electrons. The van der Waals surface area contributed by atoms with Gasteiger partial charge in [-0.2, -0.15) is 5.26 Å². The average Bonchev–Trinajstić information content (AvgIpc) is 2.54. The first kappa shape index (κ1) is 14.5. The third-order valence-corrected chi connectivity index (χ3v) is 4.11. The van der Waals surface area contributed by atoms with E-state index in [0.29, 0.717) is 6.04 Å². The van der Waals surface area contributed by atoms with Crippen LogP contribution in [0, 0.1) is 11.3 Å². The minimum absolute atomic E-state index is 0.602.